The molecular weight excluding hydrogens is 198 g/mol. The second-order valence-corrected chi connectivity index (χ2v) is 4.50. The van der Waals surface area contributed by atoms with E-state index in [4.69, 9.17) is 11.0 Å². The third-order valence-electron chi connectivity index (χ3n) is 3.40. The summed E-state index contributed by atoms with van der Waals surface area (Å²) in [5, 5.41) is 8.73. The quantitative estimate of drug-likeness (QED) is 0.819. The van der Waals surface area contributed by atoms with E-state index < -0.39 is 0 Å². The predicted octanol–water partition coefficient (Wildman–Crippen LogP) is 1.87. The topological polar surface area (TPSA) is 53.0 Å². The van der Waals surface area contributed by atoms with Gasteiger partial charge in [0.25, 0.3) is 0 Å². The van der Waals surface area contributed by atoms with Crippen molar-refractivity contribution in [2.45, 2.75) is 31.3 Å². The normalized spacial score (nSPS) is 24.1. The van der Waals surface area contributed by atoms with Gasteiger partial charge in [0.05, 0.1) is 11.6 Å². The van der Waals surface area contributed by atoms with E-state index in [1.54, 1.807) is 0 Å². The average Bonchev–Trinajstić information content (AvgIpc) is 2.75. The SMILES string of the molecule is CN(c1ccc(C#N)cc1)C1CCC(N)C1. The van der Waals surface area contributed by atoms with Crippen LogP contribution in [0.3, 0.4) is 0 Å². The molecule has 0 heterocycles. The van der Waals surface area contributed by atoms with Crippen LogP contribution in [-0.2, 0) is 0 Å². The highest BCUT2D eigenvalue weighted by atomic mass is 15.1. The molecule has 0 amide bonds. The van der Waals surface area contributed by atoms with Gasteiger partial charge in [-0.2, -0.15) is 5.26 Å². The molecule has 1 saturated carbocycles. The molecule has 2 unspecified atom stereocenters. The molecule has 3 heteroatoms. The number of hydrogen-bond donors (Lipinski definition) is 1. The van der Waals surface area contributed by atoms with Crippen LogP contribution >= 0.6 is 0 Å². The highest BCUT2D eigenvalue weighted by Crippen LogP contribution is 2.26. The third-order valence-corrected chi connectivity index (χ3v) is 3.40. The summed E-state index contributed by atoms with van der Waals surface area (Å²) in [7, 11) is 2.10. The lowest BCUT2D eigenvalue weighted by Gasteiger charge is -2.26. The van der Waals surface area contributed by atoms with Crippen molar-refractivity contribution < 1.29 is 0 Å². The Morgan fingerprint density at radius 1 is 1.31 bits per heavy atom. The smallest absolute Gasteiger partial charge is 0.0991 e. The molecule has 2 rings (SSSR count). The standard InChI is InChI=1S/C13H17N3/c1-16(13-7-4-11(15)8-13)12-5-2-10(9-14)3-6-12/h2-3,5-6,11,13H,4,7-8,15H2,1H3. The summed E-state index contributed by atoms with van der Waals surface area (Å²) in [5.41, 5.74) is 7.79. The van der Waals surface area contributed by atoms with E-state index >= 15 is 0 Å². The molecule has 0 radical (unpaired) electrons. The Labute approximate surface area is 96.5 Å². The molecule has 1 aromatic rings. The maximum absolute atomic E-state index is 8.73. The first-order chi connectivity index (χ1) is 7.70. The molecule has 0 saturated heterocycles. The number of nitrogens with zero attached hydrogens (tertiary/aromatic N) is 2. The van der Waals surface area contributed by atoms with Gasteiger partial charge in [-0.05, 0) is 43.5 Å². The summed E-state index contributed by atoms with van der Waals surface area (Å²) in [5.74, 6) is 0. The number of anilines is 1. The number of rotatable bonds is 2. The molecule has 1 aliphatic rings. The second kappa shape index (κ2) is 4.54. The summed E-state index contributed by atoms with van der Waals surface area (Å²) in [6, 6.07) is 10.8. The van der Waals surface area contributed by atoms with Gasteiger partial charge >= 0.3 is 0 Å². The predicted molar refractivity (Wildman–Crippen MR) is 65.2 cm³/mol. The second-order valence-electron chi connectivity index (χ2n) is 4.50. The maximum atomic E-state index is 8.73. The fourth-order valence-corrected chi connectivity index (χ4v) is 2.33. The van der Waals surface area contributed by atoms with Crippen LogP contribution in [0.2, 0.25) is 0 Å². The van der Waals surface area contributed by atoms with Crippen molar-refractivity contribution in [1.29, 1.82) is 5.26 Å². The minimum Gasteiger partial charge on any atom is -0.372 e. The fraction of sp³-hybridized carbons (Fsp3) is 0.462. The molecule has 84 valence electrons. The largest absolute Gasteiger partial charge is 0.372 e. The van der Waals surface area contributed by atoms with Gasteiger partial charge in [-0.15, -0.1) is 0 Å². The van der Waals surface area contributed by atoms with Crippen LogP contribution in [0.4, 0.5) is 5.69 Å². The van der Waals surface area contributed by atoms with Crippen molar-refractivity contribution >= 4 is 5.69 Å². The fourth-order valence-electron chi connectivity index (χ4n) is 2.33. The third kappa shape index (κ3) is 2.17. The monoisotopic (exact) mass is 215 g/mol. The van der Waals surface area contributed by atoms with Crippen LogP contribution in [0.1, 0.15) is 24.8 Å². The van der Waals surface area contributed by atoms with Gasteiger partial charge in [0.2, 0.25) is 0 Å². The molecular formula is C13H17N3. The molecule has 1 aromatic carbocycles. The van der Waals surface area contributed by atoms with Gasteiger partial charge < -0.3 is 10.6 Å². The number of benzene rings is 1. The number of nitriles is 1. The maximum Gasteiger partial charge on any atom is 0.0991 e. The Hall–Kier alpha value is -1.53. The lowest BCUT2D eigenvalue weighted by atomic mass is 10.1. The van der Waals surface area contributed by atoms with E-state index in [1.807, 2.05) is 24.3 Å². The molecule has 0 bridgehead atoms. The highest BCUT2D eigenvalue weighted by Gasteiger charge is 2.25. The van der Waals surface area contributed by atoms with Gasteiger partial charge in [0.15, 0.2) is 0 Å². The van der Waals surface area contributed by atoms with Gasteiger partial charge in [-0.25, -0.2) is 0 Å². The molecule has 16 heavy (non-hydrogen) atoms. The van der Waals surface area contributed by atoms with Crippen LogP contribution in [0.25, 0.3) is 0 Å². The van der Waals surface area contributed by atoms with Crippen LogP contribution in [0.5, 0.6) is 0 Å². The van der Waals surface area contributed by atoms with Crippen LogP contribution in [-0.4, -0.2) is 19.1 Å². The zero-order valence-corrected chi connectivity index (χ0v) is 9.56. The van der Waals surface area contributed by atoms with E-state index in [0.717, 1.165) is 24.9 Å². The highest BCUT2D eigenvalue weighted by molar-refractivity contribution is 5.50. The Balaban J connectivity index is 2.09. The summed E-state index contributed by atoms with van der Waals surface area (Å²) in [6.07, 6.45) is 3.35. The van der Waals surface area contributed by atoms with Crippen molar-refractivity contribution in [3.05, 3.63) is 29.8 Å². The zero-order valence-electron chi connectivity index (χ0n) is 9.56. The van der Waals surface area contributed by atoms with Gasteiger partial charge in [-0.1, -0.05) is 0 Å². The first kappa shape index (κ1) is 11.0. The lowest BCUT2D eigenvalue weighted by molar-refractivity contribution is 0.632. The Morgan fingerprint density at radius 2 is 2.00 bits per heavy atom. The van der Waals surface area contributed by atoms with E-state index in [0.29, 0.717) is 17.6 Å². The summed E-state index contributed by atoms with van der Waals surface area (Å²) in [6.45, 7) is 0. The molecule has 2 atom stereocenters. The first-order valence-electron chi connectivity index (χ1n) is 5.69. The number of hydrogen-bond acceptors (Lipinski definition) is 3. The summed E-state index contributed by atoms with van der Waals surface area (Å²) < 4.78 is 0. The van der Waals surface area contributed by atoms with Gasteiger partial charge in [0, 0.05) is 24.8 Å². The van der Waals surface area contributed by atoms with Crippen molar-refractivity contribution in [1.82, 2.24) is 0 Å². The molecule has 1 fully saturated rings. The molecule has 3 nitrogen and oxygen atoms in total. The Kier molecular flexibility index (Phi) is 3.12. The van der Waals surface area contributed by atoms with E-state index in [-0.39, 0.29) is 0 Å². The Bertz CT molecular complexity index is 391. The molecule has 0 spiro atoms. The van der Waals surface area contributed by atoms with E-state index in [9.17, 15) is 0 Å². The van der Waals surface area contributed by atoms with Crippen molar-refractivity contribution in [3.63, 3.8) is 0 Å². The summed E-state index contributed by atoms with van der Waals surface area (Å²) in [4.78, 5) is 2.27. The zero-order chi connectivity index (χ0) is 11.5. The van der Waals surface area contributed by atoms with Crippen molar-refractivity contribution in [2.75, 3.05) is 11.9 Å². The lowest BCUT2D eigenvalue weighted by Crippen LogP contribution is -2.30. The van der Waals surface area contributed by atoms with E-state index in [2.05, 4.69) is 18.0 Å². The molecule has 2 N–H and O–H groups in total. The average molecular weight is 215 g/mol. The van der Waals surface area contributed by atoms with Crippen LogP contribution in [0, 0.1) is 11.3 Å². The van der Waals surface area contributed by atoms with Crippen LogP contribution < -0.4 is 10.6 Å². The molecule has 0 aliphatic heterocycles. The molecule has 0 aromatic heterocycles. The van der Waals surface area contributed by atoms with Gasteiger partial charge in [0.1, 0.15) is 0 Å². The van der Waals surface area contributed by atoms with Gasteiger partial charge in [-0.3, -0.25) is 0 Å². The minimum absolute atomic E-state index is 0.353. The van der Waals surface area contributed by atoms with Crippen molar-refractivity contribution in [3.8, 4) is 6.07 Å². The van der Waals surface area contributed by atoms with Crippen LogP contribution in [0.15, 0.2) is 24.3 Å². The first-order valence-corrected chi connectivity index (χ1v) is 5.69. The molecule has 1 aliphatic carbocycles. The summed E-state index contributed by atoms with van der Waals surface area (Å²) >= 11 is 0. The number of nitrogens with two attached hydrogens (primary N) is 1. The van der Waals surface area contributed by atoms with E-state index in [1.165, 1.54) is 0 Å². The van der Waals surface area contributed by atoms with Crippen molar-refractivity contribution in [2.24, 2.45) is 5.73 Å². The minimum atomic E-state index is 0.353. The Morgan fingerprint density at radius 3 is 2.50 bits per heavy atom.